The van der Waals surface area contributed by atoms with E-state index in [0.29, 0.717) is 0 Å². The molecule has 96 valence electrons. The molecule has 0 aromatic heterocycles. The van der Waals surface area contributed by atoms with E-state index in [1.165, 1.54) is 37.7 Å². The normalized spacial score (nSPS) is 45.4. The van der Waals surface area contributed by atoms with Crippen molar-refractivity contribution in [3.63, 3.8) is 0 Å². The van der Waals surface area contributed by atoms with Crippen LogP contribution in [0.15, 0.2) is 30.3 Å². The predicted octanol–water partition coefficient (Wildman–Crippen LogP) is 3.98. The maximum atomic E-state index is 6.20. The van der Waals surface area contributed by atoms with Crippen molar-refractivity contribution in [1.82, 2.24) is 0 Å². The van der Waals surface area contributed by atoms with Crippen LogP contribution in [0.4, 0.5) is 0 Å². The van der Waals surface area contributed by atoms with Gasteiger partial charge in [0, 0.05) is 7.11 Å². The Hall–Kier alpha value is -0.820. The summed E-state index contributed by atoms with van der Waals surface area (Å²) < 4.78 is 6.20. The van der Waals surface area contributed by atoms with Gasteiger partial charge in [-0.3, -0.25) is 0 Å². The van der Waals surface area contributed by atoms with E-state index in [-0.39, 0.29) is 5.60 Å². The first-order valence-corrected chi connectivity index (χ1v) is 7.43. The summed E-state index contributed by atoms with van der Waals surface area (Å²) in [7, 11) is 1.94. The van der Waals surface area contributed by atoms with Gasteiger partial charge in [-0.2, -0.15) is 0 Å². The van der Waals surface area contributed by atoms with Crippen LogP contribution in [0.25, 0.3) is 0 Å². The summed E-state index contributed by atoms with van der Waals surface area (Å²) in [6.45, 7) is 0. The Morgan fingerprint density at radius 3 is 1.94 bits per heavy atom. The minimum Gasteiger partial charge on any atom is -0.373 e. The van der Waals surface area contributed by atoms with Gasteiger partial charge in [-0.1, -0.05) is 30.3 Å². The standard InChI is InChI=1S/C17H22O/c1-18-17(14-5-3-2-4-6-14)15-8-12-7-13(10-15)11-16(17)9-12/h2-6,12-13,15-16H,7-11H2,1H3. The molecule has 5 rings (SSSR count). The molecule has 0 amide bonds. The first-order valence-electron chi connectivity index (χ1n) is 7.43. The van der Waals surface area contributed by atoms with Gasteiger partial charge >= 0.3 is 0 Å². The number of ether oxygens (including phenoxy) is 1. The van der Waals surface area contributed by atoms with E-state index in [2.05, 4.69) is 30.3 Å². The predicted molar refractivity (Wildman–Crippen MR) is 72.2 cm³/mol. The smallest absolute Gasteiger partial charge is 0.0983 e. The molecule has 4 fully saturated rings. The summed E-state index contributed by atoms with van der Waals surface area (Å²) in [6, 6.07) is 11.0. The summed E-state index contributed by atoms with van der Waals surface area (Å²) in [5, 5.41) is 0. The molecule has 18 heavy (non-hydrogen) atoms. The second-order valence-corrected chi connectivity index (χ2v) is 6.67. The van der Waals surface area contributed by atoms with E-state index < -0.39 is 0 Å². The summed E-state index contributed by atoms with van der Waals surface area (Å²) in [5.74, 6) is 3.53. The van der Waals surface area contributed by atoms with Crippen molar-refractivity contribution in [3.05, 3.63) is 35.9 Å². The minimum atomic E-state index is 0.0364. The summed E-state index contributed by atoms with van der Waals surface area (Å²) >= 11 is 0. The molecule has 4 bridgehead atoms. The van der Waals surface area contributed by atoms with Crippen molar-refractivity contribution in [3.8, 4) is 0 Å². The molecule has 0 N–H and O–H groups in total. The molecule has 4 saturated carbocycles. The zero-order chi connectivity index (χ0) is 12.2. The van der Waals surface area contributed by atoms with Gasteiger partial charge in [0.25, 0.3) is 0 Å². The van der Waals surface area contributed by atoms with Crippen LogP contribution in [-0.4, -0.2) is 7.11 Å². The molecular formula is C17H22O. The maximum Gasteiger partial charge on any atom is 0.0983 e. The monoisotopic (exact) mass is 242 g/mol. The van der Waals surface area contributed by atoms with E-state index in [0.717, 1.165) is 23.7 Å². The van der Waals surface area contributed by atoms with Gasteiger partial charge in [-0.25, -0.2) is 0 Å². The maximum absolute atomic E-state index is 6.20. The van der Waals surface area contributed by atoms with Crippen LogP contribution in [0, 0.1) is 23.7 Å². The van der Waals surface area contributed by atoms with Gasteiger partial charge in [-0.05, 0) is 61.3 Å². The van der Waals surface area contributed by atoms with Gasteiger partial charge in [-0.15, -0.1) is 0 Å². The Labute approximate surface area is 110 Å². The fourth-order valence-corrected chi connectivity index (χ4v) is 5.51. The lowest BCUT2D eigenvalue weighted by molar-refractivity contribution is -0.197. The van der Waals surface area contributed by atoms with Crippen LogP contribution in [0.5, 0.6) is 0 Å². The van der Waals surface area contributed by atoms with Crippen molar-refractivity contribution in [2.24, 2.45) is 23.7 Å². The topological polar surface area (TPSA) is 9.23 Å². The molecule has 1 nitrogen and oxygen atoms in total. The third kappa shape index (κ3) is 1.31. The first-order chi connectivity index (χ1) is 8.83. The average molecular weight is 242 g/mol. The van der Waals surface area contributed by atoms with E-state index in [1.54, 1.807) is 0 Å². The zero-order valence-electron chi connectivity index (χ0n) is 11.1. The molecule has 0 radical (unpaired) electrons. The van der Waals surface area contributed by atoms with Crippen LogP contribution < -0.4 is 0 Å². The molecule has 0 atom stereocenters. The Morgan fingerprint density at radius 2 is 1.44 bits per heavy atom. The molecule has 1 heteroatoms. The van der Waals surface area contributed by atoms with Gasteiger partial charge in [0.1, 0.15) is 0 Å². The molecule has 0 spiro atoms. The fourth-order valence-electron chi connectivity index (χ4n) is 5.51. The van der Waals surface area contributed by atoms with Crippen molar-refractivity contribution >= 4 is 0 Å². The molecule has 0 unspecified atom stereocenters. The highest BCUT2D eigenvalue weighted by Gasteiger charge is 2.58. The number of hydrogen-bond donors (Lipinski definition) is 0. The molecule has 1 aromatic rings. The van der Waals surface area contributed by atoms with Crippen LogP contribution in [0.3, 0.4) is 0 Å². The van der Waals surface area contributed by atoms with Gasteiger partial charge in [0.2, 0.25) is 0 Å². The lowest BCUT2D eigenvalue weighted by atomic mass is 9.48. The molecule has 0 heterocycles. The van der Waals surface area contributed by atoms with Crippen molar-refractivity contribution in [1.29, 1.82) is 0 Å². The van der Waals surface area contributed by atoms with E-state index >= 15 is 0 Å². The number of hydrogen-bond acceptors (Lipinski definition) is 1. The van der Waals surface area contributed by atoms with Crippen LogP contribution >= 0.6 is 0 Å². The lowest BCUT2D eigenvalue weighted by Gasteiger charge is -2.60. The Morgan fingerprint density at radius 1 is 0.889 bits per heavy atom. The average Bonchev–Trinajstić information content (AvgIpc) is 2.40. The fraction of sp³-hybridized carbons (Fsp3) is 0.647. The second kappa shape index (κ2) is 3.84. The summed E-state index contributed by atoms with van der Waals surface area (Å²) in [5.41, 5.74) is 1.47. The van der Waals surface area contributed by atoms with E-state index in [1.807, 2.05) is 7.11 Å². The Balaban J connectivity index is 1.81. The minimum absolute atomic E-state index is 0.0364. The molecule has 0 aliphatic heterocycles. The van der Waals surface area contributed by atoms with Crippen molar-refractivity contribution < 1.29 is 4.74 Å². The lowest BCUT2D eigenvalue weighted by Crippen LogP contribution is -2.56. The molecule has 4 aliphatic carbocycles. The second-order valence-electron chi connectivity index (χ2n) is 6.67. The largest absolute Gasteiger partial charge is 0.373 e. The number of rotatable bonds is 2. The van der Waals surface area contributed by atoms with Crippen molar-refractivity contribution in [2.45, 2.75) is 37.7 Å². The molecule has 0 saturated heterocycles. The molecule has 1 aromatic carbocycles. The Bertz CT molecular complexity index is 408. The quantitative estimate of drug-likeness (QED) is 0.762. The molecule has 4 aliphatic rings. The van der Waals surface area contributed by atoms with Crippen molar-refractivity contribution in [2.75, 3.05) is 7.11 Å². The highest BCUT2D eigenvalue weighted by Crippen LogP contribution is 2.63. The first kappa shape index (κ1) is 11.0. The van der Waals surface area contributed by atoms with Crippen LogP contribution in [0.1, 0.15) is 37.7 Å². The highest BCUT2D eigenvalue weighted by molar-refractivity contribution is 5.28. The molecular weight excluding hydrogens is 220 g/mol. The van der Waals surface area contributed by atoms with Gasteiger partial charge < -0.3 is 4.74 Å². The van der Waals surface area contributed by atoms with Gasteiger partial charge in [0.05, 0.1) is 5.60 Å². The summed E-state index contributed by atoms with van der Waals surface area (Å²) in [6.07, 6.45) is 7.10. The van der Waals surface area contributed by atoms with E-state index in [4.69, 9.17) is 4.74 Å². The van der Waals surface area contributed by atoms with E-state index in [9.17, 15) is 0 Å². The third-order valence-corrected chi connectivity index (χ3v) is 5.91. The SMILES string of the molecule is COC1(c2ccccc2)C2CC3CC(C2)CC1C3. The van der Waals surface area contributed by atoms with Crippen LogP contribution in [0.2, 0.25) is 0 Å². The van der Waals surface area contributed by atoms with Crippen LogP contribution in [-0.2, 0) is 10.3 Å². The number of benzene rings is 1. The Kier molecular flexibility index (Phi) is 2.35. The third-order valence-electron chi connectivity index (χ3n) is 5.91. The zero-order valence-corrected chi connectivity index (χ0v) is 11.1. The van der Waals surface area contributed by atoms with Gasteiger partial charge in [0.15, 0.2) is 0 Å². The number of methoxy groups -OCH3 is 1. The highest BCUT2D eigenvalue weighted by atomic mass is 16.5. The summed E-state index contributed by atoms with van der Waals surface area (Å²) in [4.78, 5) is 0.